The van der Waals surface area contributed by atoms with E-state index >= 15 is 0 Å². The third-order valence-electron chi connectivity index (χ3n) is 5.69. The Morgan fingerprint density at radius 1 is 1.25 bits per heavy atom. The molecule has 192 valence electrons. The number of benzene rings is 1. The number of hydrogen-bond acceptors (Lipinski definition) is 11. The molecule has 1 aromatic carbocycles. The molecule has 4 atom stereocenters. The molecule has 1 unspecified atom stereocenters. The standard InChI is InChI=1S/C22H28N7O6P/c1-14(29(33-3)16-7-5-4-6-8-16)21(30)35-36(24,31)34-12-15-9-10-17(11-15)28-13-25-18-19(28)26-22(23)27-20(18)32-2/h4-10,13-15,17H,11-12H2,1-3H3,(H2,24,31)(H2,23,26,27)/t14-,15+,17-,36?/m0/s1. The Morgan fingerprint density at radius 3 is 2.69 bits per heavy atom. The Hall–Kier alpha value is -3.51. The topological polar surface area (TPSA) is 170 Å². The number of fused-ring (bicyclic) bond motifs is 1. The molecule has 14 heteroatoms. The van der Waals surface area contributed by atoms with E-state index in [1.54, 1.807) is 37.5 Å². The summed E-state index contributed by atoms with van der Waals surface area (Å²) in [6.45, 7) is 1.53. The van der Waals surface area contributed by atoms with E-state index in [9.17, 15) is 9.36 Å². The van der Waals surface area contributed by atoms with E-state index in [-0.39, 0.29) is 30.4 Å². The molecular formula is C22H28N7O6P. The lowest BCUT2D eigenvalue weighted by Crippen LogP contribution is -2.39. The summed E-state index contributed by atoms with van der Waals surface area (Å²) in [6, 6.07) is 7.91. The van der Waals surface area contributed by atoms with Gasteiger partial charge in [-0.1, -0.05) is 30.4 Å². The van der Waals surface area contributed by atoms with Gasteiger partial charge in [-0.05, 0) is 25.5 Å². The molecule has 1 aliphatic rings. The Labute approximate surface area is 207 Å². The zero-order chi connectivity index (χ0) is 25.9. The lowest BCUT2D eigenvalue weighted by atomic mass is 10.1. The van der Waals surface area contributed by atoms with Crippen LogP contribution in [0.4, 0.5) is 11.6 Å². The minimum atomic E-state index is -4.17. The maximum atomic E-state index is 12.7. The first-order valence-corrected chi connectivity index (χ1v) is 12.7. The molecule has 0 saturated heterocycles. The van der Waals surface area contributed by atoms with Crippen molar-refractivity contribution in [3.63, 3.8) is 0 Å². The average Bonchev–Trinajstić information content (AvgIpc) is 3.50. The lowest BCUT2D eigenvalue weighted by molar-refractivity contribution is -0.138. The number of nitrogens with two attached hydrogens (primary N) is 2. The van der Waals surface area contributed by atoms with Crippen molar-refractivity contribution < 1.29 is 28.0 Å². The first kappa shape index (κ1) is 25.6. The van der Waals surface area contributed by atoms with Crippen LogP contribution in [0.5, 0.6) is 5.88 Å². The van der Waals surface area contributed by atoms with Crippen LogP contribution in [0.25, 0.3) is 11.2 Å². The Morgan fingerprint density at radius 2 is 2.00 bits per heavy atom. The number of carbonyl (C=O) groups is 1. The lowest BCUT2D eigenvalue weighted by Gasteiger charge is -2.27. The Kier molecular flexibility index (Phi) is 7.55. The van der Waals surface area contributed by atoms with Gasteiger partial charge in [-0.25, -0.2) is 24.9 Å². The SMILES string of the molecule is COc1nc(N)nc2c1ncn2[C@H]1C=C[C@@H](COP(N)(=O)OC(=O)[C@H](C)N(OC)c2ccccc2)C1. The predicted molar refractivity (Wildman–Crippen MR) is 132 cm³/mol. The molecule has 4 N–H and O–H groups in total. The van der Waals surface area contributed by atoms with Gasteiger partial charge in [0.05, 0.1) is 38.9 Å². The number of hydroxylamine groups is 1. The van der Waals surface area contributed by atoms with Crippen LogP contribution >= 0.6 is 7.75 Å². The predicted octanol–water partition coefficient (Wildman–Crippen LogP) is 2.62. The van der Waals surface area contributed by atoms with Gasteiger partial charge in [-0.2, -0.15) is 9.97 Å². The number of imidazole rings is 1. The summed E-state index contributed by atoms with van der Waals surface area (Å²) < 4.78 is 30.2. The van der Waals surface area contributed by atoms with Crippen LogP contribution in [-0.4, -0.2) is 52.4 Å². The molecule has 3 aromatic rings. The number of nitrogen functional groups attached to an aromatic ring is 1. The fourth-order valence-electron chi connectivity index (χ4n) is 3.96. The second-order valence-corrected chi connectivity index (χ2v) is 9.65. The van der Waals surface area contributed by atoms with Crippen molar-refractivity contribution in [1.29, 1.82) is 0 Å². The number of para-hydroxylation sites is 1. The summed E-state index contributed by atoms with van der Waals surface area (Å²) >= 11 is 0. The summed E-state index contributed by atoms with van der Waals surface area (Å²) in [5.41, 5.74) is 13.2. The molecule has 36 heavy (non-hydrogen) atoms. The van der Waals surface area contributed by atoms with Gasteiger partial charge < -0.3 is 19.6 Å². The smallest absolute Gasteiger partial charge is 0.458 e. The summed E-state index contributed by atoms with van der Waals surface area (Å²) in [4.78, 5) is 30.5. The fourth-order valence-corrected chi connectivity index (χ4v) is 4.82. The zero-order valence-corrected chi connectivity index (χ0v) is 20.9. The van der Waals surface area contributed by atoms with Crippen molar-refractivity contribution in [3.8, 4) is 5.88 Å². The normalized spacial score (nSPS) is 19.7. The summed E-state index contributed by atoms with van der Waals surface area (Å²) in [6.07, 6.45) is 6.08. The van der Waals surface area contributed by atoms with Crippen molar-refractivity contribution in [2.75, 3.05) is 31.6 Å². The van der Waals surface area contributed by atoms with Crippen LogP contribution in [0.15, 0.2) is 48.8 Å². The molecule has 0 radical (unpaired) electrons. The van der Waals surface area contributed by atoms with E-state index in [1.165, 1.54) is 19.3 Å². The van der Waals surface area contributed by atoms with Gasteiger partial charge in [-0.3, -0.25) is 9.36 Å². The van der Waals surface area contributed by atoms with E-state index in [4.69, 9.17) is 29.9 Å². The molecule has 0 bridgehead atoms. The van der Waals surface area contributed by atoms with Crippen molar-refractivity contribution in [1.82, 2.24) is 19.5 Å². The molecule has 2 aromatic heterocycles. The molecule has 0 fully saturated rings. The number of hydrogen-bond donors (Lipinski definition) is 2. The van der Waals surface area contributed by atoms with Gasteiger partial charge in [0.25, 0.3) is 0 Å². The van der Waals surface area contributed by atoms with Crippen LogP contribution in [0.1, 0.15) is 19.4 Å². The Balaban J connectivity index is 1.35. The number of methoxy groups -OCH3 is 1. The first-order valence-electron chi connectivity index (χ1n) is 11.1. The third kappa shape index (κ3) is 5.49. The maximum absolute atomic E-state index is 12.7. The summed E-state index contributed by atoms with van der Waals surface area (Å²) in [7, 11) is -1.27. The molecule has 0 spiro atoms. The van der Waals surface area contributed by atoms with E-state index in [2.05, 4.69) is 15.0 Å². The number of allylic oxidation sites excluding steroid dienone is 1. The van der Waals surface area contributed by atoms with Gasteiger partial charge in [0.1, 0.15) is 0 Å². The van der Waals surface area contributed by atoms with Crippen LogP contribution in [-0.2, 0) is 23.2 Å². The van der Waals surface area contributed by atoms with Gasteiger partial charge in [0, 0.05) is 5.92 Å². The minimum Gasteiger partial charge on any atom is -0.479 e. The van der Waals surface area contributed by atoms with Gasteiger partial charge >= 0.3 is 13.7 Å². The molecule has 13 nitrogen and oxygen atoms in total. The van der Waals surface area contributed by atoms with Gasteiger partial charge in [0.2, 0.25) is 11.8 Å². The number of aromatic nitrogens is 4. The number of carbonyl (C=O) groups excluding carboxylic acids is 1. The molecule has 0 saturated carbocycles. The van der Waals surface area contributed by atoms with E-state index in [0.29, 0.717) is 23.3 Å². The average molecular weight is 517 g/mol. The number of anilines is 2. The monoisotopic (exact) mass is 517 g/mol. The molecule has 1 aliphatic carbocycles. The highest BCUT2D eigenvalue weighted by Crippen LogP contribution is 2.42. The van der Waals surface area contributed by atoms with Crippen molar-refractivity contribution >= 4 is 36.5 Å². The highest BCUT2D eigenvalue weighted by Gasteiger charge is 2.32. The summed E-state index contributed by atoms with van der Waals surface area (Å²) in [5.74, 6) is -0.622. The summed E-state index contributed by atoms with van der Waals surface area (Å²) in [5, 5.41) is 1.33. The molecule has 2 heterocycles. The highest BCUT2D eigenvalue weighted by atomic mass is 31.2. The van der Waals surface area contributed by atoms with Crippen LogP contribution in [0.3, 0.4) is 0 Å². The van der Waals surface area contributed by atoms with E-state index in [0.717, 1.165) is 0 Å². The van der Waals surface area contributed by atoms with Gasteiger partial charge in [0.15, 0.2) is 17.2 Å². The number of nitrogens with zero attached hydrogens (tertiary/aromatic N) is 5. The quantitative estimate of drug-likeness (QED) is 0.229. The maximum Gasteiger partial charge on any atom is 0.458 e. The number of rotatable bonds is 10. The van der Waals surface area contributed by atoms with Crippen molar-refractivity contribution in [2.24, 2.45) is 11.4 Å². The van der Waals surface area contributed by atoms with Gasteiger partial charge in [-0.15, -0.1) is 0 Å². The highest BCUT2D eigenvalue weighted by molar-refractivity contribution is 7.51. The van der Waals surface area contributed by atoms with Crippen molar-refractivity contribution in [3.05, 3.63) is 48.8 Å². The van der Waals surface area contributed by atoms with Crippen LogP contribution < -0.4 is 21.0 Å². The molecular weight excluding hydrogens is 489 g/mol. The molecule has 0 aliphatic heterocycles. The van der Waals surface area contributed by atoms with E-state index < -0.39 is 19.8 Å². The first-order chi connectivity index (χ1) is 17.2. The van der Waals surface area contributed by atoms with Crippen LogP contribution in [0, 0.1) is 5.92 Å². The molecule has 0 amide bonds. The van der Waals surface area contributed by atoms with Crippen molar-refractivity contribution in [2.45, 2.75) is 25.4 Å². The fraction of sp³-hybridized carbons (Fsp3) is 0.364. The second-order valence-electron chi connectivity index (χ2n) is 8.13. The second kappa shape index (κ2) is 10.6. The molecule has 4 rings (SSSR count). The zero-order valence-electron chi connectivity index (χ0n) is 20.1. The Bertz CT molecular complexity index is 1300. The van der Waals surface area contributed by atoms with E-state index in [1.807, 2.05) is 22.8 Å². The number of ether oxygens (including phenoxy) is 1. The largest absolute Gasteiger partial charge is 0.479 e. The minimum absolute atomic E-state index is 0.0117. The third-order valence-corrected chi connectivity index (χ3v) is 6.64. The van der Waals surface area contributed by atoms with Crippen LogP contribution in [0.2, 0.25) is 0 Å².